The van der Waals surface area contributed by atoms with E-state index in [4.69, 9.17) is 16.7 Å². The van der Waals surface area contributed by atoms with Crippen LogP contribution in [0.2, 0.25) is 5.02 Å². The summed E-state index contributed by atoms with van der Waals surface area (Å²) in [4.78, 5) is 10.2. The molecule has 0 unspecified atom stereocenters. The maximum absolute atomic E-state index is 10.2. The first kappa shape index (κ1) is 10.3. The third-order valence-corrected chi connectivity index (χ3v) is 2.82. The van der Waals surface area contributed by atoms with Crippen LogP contribution >= 0.6 is 27.5 Å². The Labute approximate surface area is 89.0 Å². The second-order valence-electron chi connectivity index (χ2n) is 2.31. The van der Waals surface area contributed by atoms with Crippen molar-refractivity contribution in [3.05, 3.63) is 39.3 Å². The summed E-state index contributed by atoms with van der Waals surface area (Å²) in [7, 11) is 0. The van der Waals surface area contributed by atoms with E-state index in [1.165, 1.54) is 6.08 Å². The Morgan fingerprint density at radius 2 is 2.23 bits per heavy atom. The van der Waals surface area contributed by atoms with Gasteiger partial charge >= 0.3 is 5.97 Å². The topological polar surface area (TPSA) is 37.3 Å². The van der Waals surface area contributed by atoms with Crippen molar-refractivity contribution >= 4 is 39.6 Å². The van der Waals surface area contributed by atoms with Crippen molar-refractivity contribution in [3.63, 3.8) is 0 Å². The number of aliphatic carboxylic acids is 1. The predicted molar refractivity (Wildman–Crippen MR) is 55.8 cm³/mol. The average molecular weight is 262 g/mol. The van der Waals surface area contributed by atoms with Gasteiger partial charge in [-0.3, -0.25) is 0 Å². The average Bonchev–Trinajstić information content (AvgIpc) is 2.07. The van der Waals surface area contributed by atoms with E-state index in [0.717, 1.165) is 11.6 Å². The Bertz CT molecular complexity index is 361. The number of benzene rings is 1. The molecule has 0 radical (unpaired) electrons. The van der Waals surface area contributed by atoms with Crippen LogP contribution in [0.25, 0.3) is 6.08 Å². The molecular formula is C9H6BrClO2. The molecule has 1 aromatic carbocycles. The van der Waals surface area contributed by atoms with Gasteiger partial charge in [0.2, 0.25) is 0 Å². The van der Waals surface area contributed by atoms with Crippen molar-refractivity contribution in [1.82, 2.24) is 0 Å². The molecule has 0 bridgehead atoms. The van der Waals surface area contributed by atoms with Crippen molar-refractivity contribution in [2.45, 2.75) is 0 Å². The highest BCUT2D eigenvalue weighted by molar-refractivity contribution is 9.10. The molecule has 2 nitrogen and oxygen atoms in total. The molecule has 0 atom stereocenters. The van der Waals surface area contributed by atoms with Crippen LogP contribution < -0.4 is 0 Å². The molecule has 0 spiro atoms. The molecular weight excluding hydrogens is 255 g/mol. The van der Waals surface area contributed by atoms with E-state index in [9.17, 15) is 4.79 Å². The summed E-state index contributed by atoms with van der Waals surface area (Å²) >= 11 is 9.06. The number of carbonyl (C=O) groups is 1. The molecule has 1 N–H and O–H groups in total. The van der Waals surface area contributed by atoms with E-state index >= 15 is 0 Å². The van der Waals surface area contributed by atoms with Crippen molar-refractivity contribution in [2.75, 3.05) is 0 Å². The molecule has 0 fully saturated rings. The van der Waals surface area contributed by atoms with Gasteiger partial charge in [-0.15, -0.1) is 0 Å². The summed E-state index contributed by atoms with van der Waals surface area (Å²) in [5, 5.41) is 8.96. The van der Waals surface area contributed by atoms with Crippen LogP contribution in [-0.2, 0) is 4.79 Å². The second kappa shape index (κ2) is 4.44. The lowest BCUT2D eigenvalue weighted by atomic mass is 10.2. The number of hydrogen-bond acceptors (Lipinski definition) is 1. The lowest BCUT2D eigenvalue weighted by Gasteiger charge is -1.99. The molecule has 13 heavy (non-hydrogen) atoms. The zero-order chi connectivity index (χ0) is 9.84. The minimum Gasteiger partial charge on any atom is -0.478 e. The minimum atomic E-state index is -0.980. The number of rotatable bonds is 2. The summed E-state index contributed by atoms with van der Waals surface area (Å²) < 4.78 is 0.703. The summed E-state index contributed by atoms with van der Waals surface area (Å²) in [6.07, 6.45) is 2.55. The highest BCUT2D eigenvalue weighted by Gasteiger charge is 2.00. The van der Waals surface area contributed by atoms with E-state index in [1.54, 1.807) is 18.2 Å². The quantitative estimate of drug-likeness (QED) is 0.830. The third-order valence-electron chi connectivity index (χ3n) is 1.39. The van der Waals surface area contributed by atoms with E-state index in [0.29, 0.717) is 9.50 Å². The Morgan fingerprint density at radius 1 is 1.54 bits per heavy atom. The van der Waals surface area contributed by atoms with E-state index in [1.807, 2.05) is 0 Å². The van der Waals surface area contributed by atoms with Crippen molar-refractivity contribution in [3.8, 4) is 0 Å². The van der Waals surface area contributed by atoms with Gasteiger partial charge in [-0.2, -0.15) is 0 Å². The van der Waals surface area contributed by atoms with Gasteiger partial charge < -0.3 is 5.11 Å². The highest BCUT2D eigenvalue weighted by Crippen LogP contribution is 2.26. The smallest absolute Gasteiger partial charge is 0.328 e. The summed E-state index contributed by atoms with van der Waals surface area (Å²) in [6.45, 7) is 0. The van der Waals surface area contributed by atoms with Crippen LogP contribution in [0, 0.1) is 0 Å². The predicted octanol–water partition coefficient (Wildman–Crippen LogP) is 3.20. The van der Waals surface area contributed by atoms with Crippen molar-refractivity contribution in [2.24, 2.45) is 0 Å². The fourth-order valence-corrected chi connectivity index (χ4v) is 1.39. The van der Waals surface area contributed by atoms with Gasteiger partial charge in [-0.05, 0) is 33.6 Å². The fourth-order valence-electron chi connectivity index (χ4n) is 0.810. The third kappa shape index (κ3) is 2.86. The number of halogens is 2. The first-order valence-corrected chi connectivity index (χ1v) is 4.63. The molecule has 0 aliphatic carbocycles. The Morgan fingerprint density at radius 3 is 2.85 bits per heavy atom. The van der Waals surface area contributed by atoms with Crippen LogP contribution in [0.3, 0.4) is 0 Å². The maximum atomic E-state index is 10.2. The van der Waals surface area contributed by atoms with Crippen molar-refractivity contribution < 1.29 is 9.90 Å². The first-order chi connectivity index (χ1) is 6.11. The van der Waals surface area contributed by atoms with Crippen LogP contribution in [0.5, 0.6) is 0 Å². The molecule has 0 amide bonds. The molecule has 0 aliphatic heterocycles. The van der Waals surface area contributed by atoms with Gasteiger partial charge in [0.15, 0.2) is 0 Å². The van der Waals surface area contributed by atoms with Crippen LogP contribution in [0.15, 0.2) is 28.7 Å². The molecule has 68 valence electrons. The molecule has 0 heterocycles. The zero-order valence-corrected chi connectivity index (χ0v) is 8.84. The second-order valence-corrected chi connectivity index (χ2v) is 3.51. The van der Waals surface area contributed by atoms with E-state index in [-0.39, 0.29) is 0 Å². The monoisotopic (exact) mass is 260 g/mol. The van der Waals surface area contributed by atoms with Crippen LogP contribution in [0.1, 0.15) is 5.56 Å². The number of hydrogen-bond donors (Lipinski definition) is 1. The molecule has 0 aliphatic rings. The summed E-state index contributed by atoms with van der Waals surface area (Å²) in [5.41, 5.74) is 0.745. The minimum absolute atomic E-state index is 0.563. The lowest BCUT2D eigenvalue weighted by molar-refractivity contribution is -0.131. The molecule has 0 saturated carbocycles. The van der Waals surface area contributed by atoms with Gasteiger partial charge in [0, 0.05) is 10.5 Å². The summed E-state index contributed by atoms with van der Waals surface area (Å²) in [6, 6.07) is 5.26. The van der Waals surface area contributed by atoms with Crippen LogP contribution in [-0.4, -0.2) is 11.1 Å². The molecule has 0 saturated heterocycles. The summed E-state index contributed by atoms with van der Waals surface area (Å²) in [5.74, 6) is -0.980. The largest absolute Gasteiger partial charge is 0.478 e. The molecule has 1 aromatic rings. The first-order valence-electron chi connectivity index (χ1n) is 3.46. The van der Waals surface area contributed by atoms with E-state index in [2.05, 4.69) is 15.9 Å². The lowest BCUT2D eigenvalue weighted by Crippen LogP contribution is -1.86. The molecule has 1 rings (SSSR count). The normalized spacial score (nSPS) is 10.6. The van der Waals surface area contributed by atoms with Gasteiger partial charge in [0.05, 0.1) is 5.02 Å². The van der Waals surface area contributed by atoms with Gasteiger partial charge in [-0.25, -0.2) is 4.79 Å². The number of carboxylic acids is 1. The zero-order valence-electron chi connectivity index (χ0n) is 6.50. The highest BCUT2D eigenvalue weighted by atomic mass is 79.9. The van der Waals surface area contributed by atoms with Gasteiger partial charge in [0.25, 0.3) is 0 Å². The van der Waals surface area contributed by atoms with Crippen molar-refractivity contribution in [1.29, 1.82) is 0 Å². The SMILES string of the molecule is O=C(O)/C=C/c1cccc(Cl)c1Br. The Balaban J connectivity index is 3.02. The molecule has 0 aromatic heterocycles. The fraction of sp³-hybridized carbons (Fsp3) is 0. The van der Waals surface area contributed by atoms with Gasteiger partial charge in [-0.1, -0.05) is 23.7 Å². The van der Waals surface area contributed by atoms with E-state index < -0.39 is 5.97 Å². The molecule has 4 heteroatoms. The standard InChI is InChI=1S/C9H6BrClO2/c10-9-6(4-5-8(12)13)2-1-3-7(9)11/h1-5H,(H,12,13)/b5-4+. The Kier molecular flexibility index (Phi) is 3.51. The maximum Gasteiger partial charge on any atom is 0.328 e. The number of carboxylic acid groups (broad SMARTS) is 1. The Hall–Kier alpha value is -0.800. The van der Waals surface area contributed by atoms with Crippen LogP contribution in [0.4, 0.5) is 0 Å². The van der Waals surface area contributed by atoms with Gasteiger partial charge in [0.1, 0.15) is 0 Å².